The molecular weight excluding hydrogens is 418 g/mol. The number of hydrogen-bond acceptors (Lipinski definition) is 5. The van der Waals surface area contributed by atoms with Gasteiger partial charge in [0, 0.05) is 18.7 Å². The van der Waals surface area contributed by atoms with Gasteiger partial charge in [0.25, 0.3) is 11.7 Å². The average molecular weight is 452 g/mol. The van der Waals surface area contributed by atoms with E-state index in [9.17, 15) is 14.7 Å². The lowest BCUT2D eigenvalue weighted by Gasteiger charge is -2.25. The number of rotatable bonds is 9. The Kier molecular flexibility index (Phi) is 7.92. The van der Waals surface area contributed by atoms with Crippen LogP contribution in [0, 0.1) is 0 Å². The number of aliphatic hydroxyl groups excluding tert-OH is 1. The predicted octanol–water partition coefficient (Wildman–Crippen LogP) is 5.06. The highest BCUT2D eigenvalue weighted by Crippen LogP contribution is 2.40. The van der Waals surface area contributed by atoms with E-state index in [1.54, 1.807) is 24.1 Å². The summed E-state index contributed by atoms with van der Waals surface area (Å²) in [6.07, 6.45) is 0.685. The van der Waals surface area contributed by atoms with Crippen LogP contribution >= 0.6 is 0 Å². The van der Waals surface area contributed by atoms with Gasteiger partial charge in [-0.3, -0.25) is 9.59 Å². The fraction of sp³-hybridized carbons (Fsp3) is 0.407. The molecule has 1 fully saturated rings. The standard InChI is InChI=1S/C27H33NO5/c1-17(2)21-16-20(12-13-22(21)32-5)25(29)23-24(19-10-7-6-8-11-19)28(27(31)26(23)30)14-9-15-33-18(3)4/h6-8,10-13,16-18,24,29H,9,14-15H2,1-5H3/b25-23-. The van der Waals surface area contributed by atoms with Gasteiger partial charge in [0.1, 0.15) is 11.5 Å². The first-order valence-corrected chi connectivity index (χ1v) is 11.4. The smallest absolute Gasteiger partial charge is 0.295 e. The van der Waals surface area contributed by atoms with Crippen LogP contribution in [0.4, 0.5) is 0 Å². The van der Waals surface area contributed by atoms with Gasteiger partial charge in [-0.2, -0.15) is 0 Å². The molecule has 1 unspecified atom stereocenters. The van der Waals surface area contributed by atoms with E-state index in [1.165, 1.54) is 0 Å². The summed E-state index contributed by atoms with van der Waals surface area (Å²) in [6.45, 7) is 8.81. The van der Waals surface area contributed by atoms with Gasteiger partial charge in [-0.15, -0.1) is 0 Å². The molecule has 1 atom stereocenters. The van der Waals surface area contributed by atoms with E-state index in [0.717, 1.165) is 11.1 Å². The number of hydrogen-bond donors (Lipinski definition) is 1. The lowest BCUT2D eigenvalue weighted by molar-refractivity contribution is -0.140. The first kappa shape index (κ1) is 24.5. The molecule has 1 amide bonds. The van der Waals surface area contributed by atoms with Crippen molar-refractivity contribution in [3.05, 3.63) is 70.8 Å². The Morgan fingerprint density at radius 3 is 2.36 bits per heavy atom. The Labute approximate surface area is 195 Å². The van der Waals surface area contributed by atoms with E-state index in [-0.39, 0.29) is 23.4 Å². The van der Waals surface area contributed by atoms with Gasteiger partial charge in [-0.05, 0) is 55.5 Å². The van der Waals surface area contributed by atoms with Gasteiger partial charge in [-0.25, -0.2) is 0 Å². The Balaban J connectivity index is 2.06. The summed E-state index contributed by atoms with van der Waals surface area (Å²) in [7, 11) is 1.60. The molecule has 0 bridgehead atoms. The molecule has 3 rings (SSSR count). The quantitative estimate of drug-likeness (QED) is 0.250. The zero-order valence-corrected chi connectivity index (χ0v) is 20.0. The number of ketones is 1. The molecule has 176 valence electrons. The SMILES string of the molecule is COc1ccc(/C(O)=C2/C(=O)C(=O)N(CCCOC(C)C)C2c2ccccc2)cc1C(C)C. The molecule has 0 spiro atoms. The van der Waals surface area contributed by atoms with E-state index in [0.29, 0.717) is 30.9 Å². The van der Waals surface area contributed by atoms with E-state index in [4.69, 9.17) is 9.47 Å². The van der Waals surface area contributed by atoms with Crippen LogP contribution in [0.3, 0.4) is 0 Å². The van der Waals surface area contributed by atoms with Crippen LogP contribution in [0.25, 0.3) is 5.76 Å². The maximum atomic E-state index is 13.1. The average Bonchev–Trinajstić information content (AvgIpc) is 3.06. The molecule has 2 aromatic carbocycles. The first-order valence-electron chi connectivity index (χ1n) is 11.4. The highest BCUT2D eigenvalue weighted by molar-refractivity contribution is 6.46. The Morgan fingerprint density at radius 2 is 1.76 bits per heavy atom. The van der Waals surface area contributed by atoms with Gasteiger partial charge in [0.15, 0.2) is 0 Å². The van der Waals surface area contributed by atoms with Crippen molar-refractivity contribution < 1.29 is 24.2 Å². The monoisotopic (exact) mass is 451 g/mol. The normalized spacial score (nSPS) is 17.9. The highest BCUT2D eigenvalue weighted by Gasteiger charge is 2.45. The Bertz CT molecular complexity index is 1030. The maximum Gasteiger partial charge on any atom is 0.295 e. The van der Waals surface area contributed by atoms with Crippen LogP contribution in [-0.4, -0.2) is 48.1 Å². The number of Topliss-reactive ketones (excluding diaryl/α,β-unsaturated/α-hetero) is 1. The molecule has 1 aliphatic rings. The van der Waals surface area contributed by atoms with Crippen LogP contribution in [-0.2, 0) is 14.3 Å². The largest absolute Gasteiger partial charge is 0.507 e. The maximum absolute atomic E-state index is 13.1. The summed E-state index contributed by atoms with van der Waals surface area (Å²) in [5, 5.41) is 11.3. The molecule has 1 aliphatic heterocycles. The molecule has 0 saturated carbocycles. The topological polar surface area (TPSA) is 76.1 Å². The second kappa shape index (κ2) is 10.7. The van der Waals surface area contributed by atoms with Crippen LogP contribution in [0.15, 0.2) is 54.1 Å². The number of ether oxygens (including phenoxy) is 2. The first-order chi connectivity index (χ1) is 15.8. The minimum absolute atomic E-state index is 0.0931. The summed E-state index contributed by atoms with van der Waals surface area (Å²) in [5.41, 5.74) is 2.29. The van der Waals surface area contributed by atoms with Crippen LogP contribution in [0.5, 0.6) is 5.75 Å². The molecule has 6 nitrogen and oxygen atoms in total. The molecule has 6 heteroatoms. The van der Waals surface area contributed by atoms with Crippen molar-refractivity contribution in [3.8, 4) is 5.75 Å². The van der Waals surface area contributed by atoms with Gasteiger partial charge in [-0.1, -0.05) is 44.2 Å². The minimum atomic E-state index is -0.673. The number of amides is 1. The van der Waals surface area contributed by atoms with Crippen molar-refractivity contribution in [1.29, 1.82) is 0 Å². The van der Waals surface area contributed by atoms with Gasteiger partial charge < -0.3 is 19.5 Å². The second-order valence-electron chi connectivity index (χ2n) is 8.79. The van der Waals surface area contributed by atoms with E-state index >= 15 is 0 Å². The third-order valence-corrected chi connectivity index (χ3v) is 5.77. The molecule has 1 heterocycles. The molecule has 0 aromatic heterocycles. The number of aliphatic hydroxyl groups is 1. The van der Waals surface area contributed by atoms with Crippen molar-refractivity contribution in [2.75, 3.05) is 20.3 Å². The molecule has 1 N–H and O–H groups in total. The molecule has 0 radical (unpaired) electrons. The van der Waals surface area contributed by atoms with Crippen molar-refractivity contribution >= 4 is 17.4 Å². The zero-order chi connectivity index (χ0) is 24.1. The molecule has 0 aliphatic carbocycles. The second-order valence-corrected chi connectivity index (χ2v) is 8.79. The Hall–Kier alpha value is -3.12. The number of nitrogens with zero attached hydrogens (tertiary/aromatic N) is 1. The number of methoxy groups -OCH3 is 1. The van der Waals surface area contributed by atoms with E-state index in [1.807, 2.05) is 64.1 Å². The fourth-order valence-corrected chi connectivity index (χ4v) is 4.13. The predicted molar refractivity (Wildman–Crippen MR) is 128 cm³/mol. The van der Waals surface area contributed by atoms with Crippen molar-refractivity contribution in [2.24, 2.45) is 0 Å². The summed E-state index contributed by atoms with van der Waals surface area (Å²) in [4.78, 5) is 27.7. The van der Waals surface area contributed by atoms with Gasteiger partial charge >= 0.3 is 0 Å². The van der Waals surface area contributed by atoms with Gasteiger partial charge in [0.2, 0.25) is 0 Å². The number of likely N-dealkylation sites (tertiary alicyclic amines) is 1. The summed E-state index contributed by atoms with van der Waals surface area (Å²) in [6, 6.07) is 14.0. The zero-order valence-electron chi connectivity index (χ0n) is 20.0. The van der Waals surface area contributed by atoms with E-state index in [2.05, 4.69) is 0 Å². The lowest BCUT2D eigenvalue weighted by atomic mass is 9.93. The lowest BCUT2D eigenvalue weighted by Crippen LogP contribution is -2.31. The van der Waals surface area contributed by atoms with E-state index < -0.39 is 17.7 Å². The molecule has 1 saturated heterocycles. The van der Waals surface area contributed by atoms with Crippen LogP contribution in [0.1, 0.15) is 62.8 Å². The van der Waals surface area contributed by atoms with Crippen molar-refractivity contribution in [1.82, 2.24) is 4.90 Å². The van der Waals surface area contributed by atoms with Crippen molar-refractivity contribution in [3.63, 3.8) is 0 Å². The van der Waals surface area contributed by atoms with Crippen LogP contribution < -0.4 is 4.74 Å². The fourth-order valence-electron chi connectivity index (χ4n) is 4.13. The van der Waals surface area contributed by atoms with Crippen molar-refractivity contribution in [2.45, 2.75) is 52.2 Å². The van der Waals surface area contributed by atoms with Gasteiger partial charge in [0.05, 0.1) is 24.8 Å². The number of benzene rings is 2. The Morgan fingerprint density at radius 1 is 1.06 bits per heavy atom. The van der Waals surface area contributed by atoms with Crippen LogP contribution in [0.2, 0.25) is 0 Å². The summed E-state index contributed by atoms with van der Waals surface area (Å²) < 4.78 is 11.1. The molecule has 33 heavy (non-hydrogen) atoms. The number of carbonyl (C=O) groups excluding carboxylic acids is 2. The number of carbonyl (C=O) groups is 2. The molecule has 2 aromatic rings. The summed E-state index contributed by atoms with van der Waals surface area (Å²) >= 11 is 0. The third kappa shape index (κ3) is 5.28. The summed E-state index contributed by atoms with van der Waals surface area (Å²) in [5.74, 6) is -0.582. The molecular formula is C27H33NO5. The highest BCUT2D eigenvalue weighted by atomic mass is 16.5. The third-order valence-electron chi connectivity index (χ3n) is 5.77. The minimum Gasteiger partial charge on any atom is -0.507 e.